The number of fused-ring (bicyclic) bond motifs is 1. The van der Waals surface area contributed by atoms with E-state index in [1.54, 1.807) is 0 Å². The van der Waals surface area contributed by atoms with Crippen LogP contribution in [0.3, 0.4) is 0 Å². The molecule has 0 atom stereocenters. The molecular formula is C15H21NO2. The summed E-state index contributed by atoms with van der Waals surface area (Å²) < 4.78 is 11.6. The van der Waals surface area contributed by atoms with Crippen molar-refractivity contribution in [1.29, 1.82) is 0 Å². The van der Waals surface area contributed by atoms with Crippen molar-refractivity contribution in [2.45, 2.75) is 38.3 Å². The molecule has 1 saturated heterocycles. The molecule has 3 rings (SSSR count). The van der Waals surface area contributed by atoms with Crippen LogP contribution in [0, 0.1) is 0 Å². The molecule has 0 aliphatic carbocycles. The molecule has 0 unspecified atom stereocenters. The number of hydrogen-bond donors (Lipinski definition) is 1. The van der Waals surface area contributed by atoms with Crippen LogP contribution in [-0.4, -0.2) is 25.4 Å². The Morgan fingerprint density at radius 3 is 2.89 bits per heavy atom. The Bertz CT molecular complexity index is 425. The lowest BCUT2D eigenvalue weighted by Gasteiger charge is -2.34. The lowest BCUT2D eigenvalue weighted by molar-refractivity contribution is -0.0343. The fourth-order valence-corrected chi connectivity index (χ4v) is 2.71. The van der Waals surface area contributed by atoms with E-state index in [0.717, 1.165) is 51.3 Å². The zero-order valence-corrected chi connectivity index (χ0v) is 11.0. The van der Waals surface area contributed by atoms with Crippen molar-refractivity contribution in [2.75, 3.05) is 19.8 Å². The highest BCUT2D eigenvalue weighted by Gasteiger charge is 2.29. The molecule has 1 aromatic rings. The van der Waals surface area contributed by atoms with Crippen LogP contribution in [0.5, 0.6) is 5.75 Å². The molecule has 3 nitrogen and oxygen atoms in total. The van der Waals surface area contributed by atoms with Crippen molar-refractivity contribution < 1.29 is 9.47 Å². The van der Waals surface area contributed by atoms with Gasteiger partial charge >= 0.3 is 0 Å². The highest BCUT2D eigenvalue weighted by atomic mass is 16.5. The standard InChI is InChI=1S/C15H21NO2/c1-15(5-8-17-9-6-15)18-14-3-2-12-4-7-16-11-13(12)10-14/h2-3,10,16H,4-9,11H2,1H3. The highest BCUT2D eigenvalue weighted by molar-refractivity contribution is 5.37. The molecule has 0 amide bonds. The van der Waals surface area contributed by atoms with Crippen molar-refractivity contribution in [3.63, 3.8) is 0 Å². The van der Waals surface area contributed by atoms with Crippen molar-refractivity contribution in [1.82, 2.24) is 5.32 Å². The van der Waals surface area contributed by atoms with E-state index in [4.69, 9.17) is 9.47 Å². The van der Waals surface area contributed by atoms with Crippen LogP contribution in [0.15, 0.2) is 18.2 Å². The first-order chi connectivity index (χ1) is 8.75. The number of ether oxygens (including phenoxy) is 2. The minimum absolute atomic E-state index is 0.0609. The monoisotopic (exact) mass is 247 g/mol. The molecule has 0 spiro atoms. The molecule has 2 heterocycles. The maximum Gasteiger partial charge on any atom is 0.120 e. The normalized spacial score (nSPS) is 22.3. The van der Waals surface area contributed by atoms with Gasteiger partial charge in [0.1, 0.15) is 11.4 Å². The smallest absolute Gasteiger partial charge is 0.120 e. The van der Waals surface area contributed by atoms with Gasteiger partial charge in [-0.25, -0.2) is 0 Å². The van der Waals surface area contributed by atoms with Crippen LogP contribution in [0.1, 0.15) is 30.9 Å². The van der Waals surface area contributed by atoms with Gasteiger partial charge in [-0.15, -0.1) is 0 Å². The Hall–Kier alpha value is -1.06. The van der Waals surface area contributed by atoms with Crippen LogP contribution in [0.2, 0.25) is 0 Å². The zero-order chi connectivity index (χ0) is 12.4. The molecule has 1 aromatic carbocycles. The quantitative estimate of drug-likeness (QED) is 0.869. The summed E-state index contributed by atoms with van der Waals surface area (Å²) in [4.78, 5) is 0. The van der Waals surface area contributed by atoms with Crippen LogP contribution < -0.4 is 10.1 Å². The lowest BCUT2D eigenvalue weighted by Crippen LogP contribution is -2.38. The van der Waals surface area contributed by atoms with Gasteiger partial charge in [0.25, 0.3) is 0 Å². The van der Waals surface area contributed by atoms with Gasteiger partial charge in [0.05, 0.1) is 13.2 Å². The Morgan fingerprint density at radius 1 is 1.22 bits per heavy atom. The van der Waals surface area contributed by atoms with Crippen LogP contribution >= 0.6 is 0 Å². The van der Waals surface area contributed by atoms with E-state index in [1.807, 2.05) is 0 Å². The van der Waals surface area contributed by atoms with Gasteiger partial charge in [-0.3, -0.25) is 0 Å². The fourth-order valence-electron chi connectivity index (χ4n) is 2.71. The molecule has 98 valence electrons. The topological polar surface area (TPSA) is 30.5 Å². The van der Waals surface area contributed by atoms with E-state index < -0.39 is 0 Å². The van der Waals surface area contributed by atoms with Gasteiger partial charge in [-0.2, -0.15) is 0 Å². The first-order valence-corrected chi connectivity index (χ1v) is 6.84. The van der Waals surface area contributed by atoms with Gasteiger partial charge in [0.15, 0.2) is 0 Å². The molecule has 0 saturated carbocycles. The zero-order valence-electron chi connectivity index (χ0n) is 11.0. The largest absolute Gasteiger partial charge is 0.487 e. The highest BCUT2D eigenvalue weighted by Crippen LogP contribution is 2.29. The summed E-state index contributed by atoms with van der Waals surface area (Å²) in [6.45, 7) is 5.85. The third kappa shape index (κ3) is 2.52. The lowest BCUT2D eigenvalue weighted by atomic mass is 9.96. The Morgan fingerprint density at radius 2 is 2.06 bits per heavy atom. The van der Waals surface area contributed by atoms with E-state index in [-0.39, 0.29) is 5.60 Å². The van der Waals surface area contributed by atoms with Crippen molar-refractivity contribution in [2.24, 2.45) is 0 Å². The van der Waals surface area contributed by atoms with Crippen LogP contribution in [0.4, 0.5) is 0 Å². The molecule has 1 fully saturated rings. The number of rotatable bonds is 2. The fraction of sp³-hybridized carbons (Fsp3) is 0.600. The van der Waals surface area contributed by atoms with Crippen molar-refractivity contribution >= 4 is 0 Å². The summed E-state index contributed by atoms with van der Waals surface area (Å²) in [5, 5.41) is 3.41. The first-order valence-electron chi connectivity index (χ1n) is 6.84. The molecule has 3 heteroatoms. The summed E-state index contributed by atoms with van der Waals surface area (Å²) >= 11 is 0. The van der Waals surface area contributed by atoms with Gasteiger partial charge in [-0.05, 0) is 43.1 Å². The van der Waals surface area contributed by atoms with E-state index in [1.165, 1.54) is 11.1 Å². The molecule has 18 heavy (non-hydrogen) atoms. The Kier molecular flexibility index (Phi) is 3.27. The summed E-state index contributed by atoms with van der Waals surface area (Å²) in [5.74, 6) is 1.00. The predicted octanol–water partition coefficient (Wildman–Crippen LogP) is 2.28. The third-order valence-electron chi connectivity index (χ3n) is 3.98. The van der Waals surface area contributed by atoms with E-state index in [0.29, 0.717) is 0 Å². The van der Waals surface area contributed by atoms with Gasteiger partial charge in [0.2, 0.25) is 0 Å². The second-order valence-electron chi connectivity index (χ2n) is 5.52. The molecule has 0 radical (unpaired) electrons. The van der Waals surface area contributed by atoms with E-state index >= 15 is 0 Å². The van der Waals surface area contributed by atoms with Gasteiger partial charge in [-0.1, -0.05) is 6.07 Å². The maximum atomic E-state index is 6.20. The van der Waals surface area contributed by atoms with E-state index in [2.05, 4.69) is 30.4 Å². The van der Waals surface area contributed by atoms with Gasteiger partial charge < -0.3 is 14.8 Å². The summed E-state index contributed by atoms with van der Waals surface area (Å²) in [6.07, 6.45) is 3.07. The molecule has 2 aliphatic heterocycles. The SMILES string of the molecule is CC1(Oc2ccc3c(c2)CNCC3)CCOCC1. The second kappa shape index (κ2) is 4.90. The summed E-state index contributed by atoms with van der Waals surface area (Å²) in [6, 6.07) is 6.53. The molecule has 1 N–H and O–H groups in total. The third-order valence-corrected chi connectivity index (χ3v) is 3.98. The number of hydrogen-bond acceptors (Lipinski definition) is 3. The average molecular weight is 247 g/mol. The van der Waals surface area contributed by atoms with Gasteiger partial charge in [0, 0.05) is 19.4 Å². The van der Waals surface area contributed by atoms with Crippen LogP contribution in [-0.2, 0) is 17.7 Å². The maximum absolute atomic E-state index is 6.20. The molecule has 2 aliphatic rings. The van der Waals surface area contributed by atoms with Crippen molar-refractivity contribution in [3.8, 4) is 5.75 Å². The minimum Gasteiger partial charge on any atom is -0.487 e. The molecule has 0 aromatic heterocycles. The predicted molar refractivity (Wildman–Crippen MR) is 70.9 cm³/mol. The molecular weight excluding hydrogens is 226 g/mol. The summed E-state index contributed by atoms with van der Waals surface area (Å²) in [7, 11) is 0. The first kappa shape index (κ1) is 12.0. The Balaban J connectivity index is 1.76. The van der Waals surface area contributed by atoms with Crippen molar-refractivity contribution in [3.05, 3.63) is 29.3 Å². The van der Waals surface area contributed by atoms with E-state index in [9.17, 15) is 0 Å². The Labute approximate surface area is 108 Å². The molecule has 0 bridgehead atoms. The number of nitrogens with one attached hydrogen (secondary N) is 1. The number of benzene rings is 1. The van der Waals surface area contributed by atoms with Crippen LogP contribution in [0.25, 0.3) is 0 Å². The second-order valence-corrected chi connectivity index (χ2v) is 5.52. The summed E-state index contributed by atoms with van der Waals surface area (Å²) in [5.41, 5.74) is 2.78. The minimum atomic E-state index is -0.0609. The average Bonchev–Trinajstić information content (AvgIpc) is 2.39.